The van der Waals surface area contributed by atoms with Crippen molar-refractivity contribution >= 4 is 8.07 Å². The molecule has 0 aromatic rings. The molecule has 0 saturated carbocycles. The summed E-state index contributed by atoms with van der Waals surface area (Å²) in [4.78, 5) is 0. The summed E-state index contributed by atoms with van der Waals surface area (Å²) in [5, 5.41) is 0. The van der Waals surface area contributed by atoms with Crippen LogP contribution in [0.3, 0.4) is 0 Å². The molecule has 0 nitrogen and oxygen atoms in total. The van der Waals surface area contributed by atoms with Crippen molar-refractivity contribution in [3.8, 4) is 0 Å². The molecule has 40 valence electrons. The monoisotopic (exact) mass is 112 g/mol. The standard InChI is InChI=1S/C6H12Si/c1-2-4-7(3-1)5-6-7/h1-6H2. The fourth-order valence-electron chi connectivity index (χ4n) is 1.80. The van der Waals surface area contributed by atoms with E-state index in [1.54, 1.807) is 37.0 Å². The Morgan fingerprint density at radius 3 is 1.57 bits per heavy atom. The molecule has 0 N–H and O–H groups in total. The van der Waals surface area contributed by atoms with Crippen LogP contribution >= 0.6 is 0 Å². The van der Waals surface area contributed by atoms with Crippen molar-refractivity contribution in [1.29, 1.82) is 0 Å². The minimum Gasteiger partial charge on any atom is -0.0595 e. The highest BCUT2D eigenvalue weighted by molar-refractivity contribution is 6.89. The lowest BCUT2D eigenvalue weighted by Crippen LogP contribution is -2.03. The van der Waals surface area contributed by atoms with Crippen LogP contribution in [0.15, 0.2) is 0 Å². The molecule has 2 rings (SSSR count). The molecule has 0 radical (unpaired) electrons. The van der Waals surface area contributed by atoms with Crippen molar-refractivity contribution < 1.29 is 0 Å². The Labute approximate surface area is 45.9 Å². The summed E-state index contributed by atoms with van der Waals surface area (Å²) in [7, 11) is -0.290. The lowest BCUT2D eigenvalue weighted by Gasteiger charge is -1.94. The molecule has 7 heavy (non-hydrogen) atoms. The van der Waals surface area contributed by atoms with E-state index in [4.69, 9.17) is 0 Å². The maximum Gasteiger partial charge on any atom is 0.0530 e. The van der Waals surface area contributed by atoms with E-state index in [-0.39, 0.29) is 8.07 Å². The zero-order valence-electron chi connectivity index (χ0n) is 4.74. The number of hydrogen-bond donors (Lipinski definition) is 0. The third kappa shape index (κ3) is 0.547. The molecule has 0 amide bonds. The summed E-state index contributed by atoms with van der Waals surface area (Å²) in [5.74, 6) is 0. The normalized spacial score (nSPS) is 34.3. The Hall–Kier alpha value is 0.217. The molecule has 2 saturated heterocycles. The molecule has 2 fully saturated rings. The molecule has 1 heteroatoms. The largest absolute Gasteiger partial charge is 0.0595 e. The van der Waals surface area contributed by atoms with Crippen molar-refractivity contribution in [2.75, 3.05) is 0 Å². The summed E-state index contributed by atoms with van der Waals surface area (Å²) in [6, 6.07) is 6.81. The Bertz CT molecular complexity index is 76.2. The van der Waals surface area contributed by atoms with Gasteiger partial charge in [0.2, 0.25) is 0 Å². The quantitative estimate of drug-likeness (QED) is 0.422. The predicted molar refractivity (Wildman–Crippen MR) is 34.2 cm³/mol. The molecule has 0 aliphatic carbocycles. The zero-order chi connectivity index (χ0) is 4.74. The van der Waals surface area contributed by atoms with Crippen LogP contribution in [-0.4, -0.2) is 8.07 Å². The van der Waals surface area contributed by atoms with Gasteiger partial charge in [-0.1, -0.05) is 37.0 Å². The lowest BCUT2D eigenvalue weighted by atomic mass is 10.4. The van der Waals surface area contributed by atoms with Crippen LogP contribution in [-0.2, 0) is 0 Å². The van der Waals surface area contributed by atoms with Crippen molar-refractivity contribution in [3.63, 3.8) is 0 Å². The minimum absolute atomic E-state index is 0.290. The highest BCUT2D eigenvalue weighted by Gasteiger charge is 2.46. The van der Waals surface area contributed by atoms with Crippen molar-refractivity contribution in [3.05, 3.63) is 0 Å². The van der Waals surface area contributed by atoms with Crippen molar-refractivity contribution in [2.24, 2.45) is 0 Å². The van der Waals surface area contributed by atoms with E-state index in [9.17, 15) is 0 Å². The summed E-state index contributed by atoms with van der Waals surface area (Å²) in [6.07, 6.45) is 3.18. The third-order valence-electron chi connectivity index (χ3n) is 2.62. The van der Waals surface area contributed by atoms with Gasteiger partial charge in [0.25, 0.3) is 0 Å². The molecule has 1 spiro atoms. The highest BCUT2D eigenvalue weighted by atomic mass is 28.3. The molecular formula is C6H12Si. The van der Waals surface area contributed by atoms with E-state index in [0.29, 0.717) is 0 Å². The van der Waals surface area contributed by atoms with Crippen LogP contribution in [0.2, 0.25) is 24.2 Å². The fourth-order valence-corrected chi connectivity index (χ4v) is 6.47. The Morgan fingerprint density at radius 2 is 1.29 bits per heavy atom. The summed E-state index contributed by atoms with van der Waals surface area (Å²) in [5.41, 5.74) is 0. The van der Waals surface area contributed by atoms with Gasteiger partial charge in [-0.25, -0.2) is 0 Å². The zero-order valence-corrected chi connectivity index (χ0v) is 5.74. The number of hydrogen-bond acceptors (Lipinski definition) is 0. The van der Waals surface area contributed by atoms with E-state index in [1.165, 1.54) is 0 Å². The van der Waals surface area contributed by atoms with Gasteiger partial charge in [-0.3, -0.25) is 0 Å². The summed E-state index contributed by atoms with van der Waals surface area (Å²) >= 11 is 0. The molecule has 2 aliphatic heterocycles. The molecule has 0 unspecified atom stereocenters. The van der Waals surface area contributed by atoms with Gasteiger partial charge in [0, 0.05) is 0 Å². The highest BCUT2D eigenvalue weighted by Crippen LogP contribution is 2.49. The van der Waals surface area contributed by atoms with Gasteiger partial charge in [-0.15, -0.1) is 0 Å². The van der Waals surface area contributed by atoms with E-state index >= 15 is 0 Å². The first kappa shape index (κ1) is 4.13. The van der Waals surface area contributed by atoms with Gasteiger partial charge in [-0.2, -0.15) is 0 Å². The van der Waals surface area contributed by atoms with Gasteiger partial charge in [0.1, 0.15) is 0 Å². The van der Waals surface area contributed by atoms with Gasteiger partial charge < -0.3 is 0 Å². The van der Waals surface area contributed by atoms with Crippen LogP contribution in [0.5, 0.6) is 0 Å². The Kier molecular flexibility index (Phi) is 0.669. The van der Waals surface area contributed by atoms with Crippen molar-refractivity contribution in [2.45, 2.75) is 37.0 Å². The van der Waals surface area contributed by atoms with E-state index in [0.717, 1.165) is 0 Å². The fraction of sp³-hybridized carbons (Fsp3) is 1.00. The molecule has 2 aliphatic rings. The molecule has 0 aromatic carbocycles. The maximum absolute atomic E-state index is 1.70. The first-order valence-electron chi connectivity index (χ1n) is 3.41. The van der Waals surface area contributed by atoms with E-state index < -0.39 is 0 Å². The van der Waals surface area contributed by atoms with E-state index in [1.807, 2.05) is 0 Å². The predicted octanol–water partition coefficient (Wildman–Crippen LogP) is 2.24. The van der Waals surface area contributed by atoms with Crippen LogP contribution < -0.4 is 0 Å². The summed E-state index contributed by atoms with van der Waals surface area (Å²) < 4.78 is 0. The van der Waals surface area contributed by atoms with Gasteiger partial charge >= 0.3 is 0 Å². The maximum atomic E-state index is 1.70. The Morgan fingerprint density at radius 1 is 0.714 bits per heavy atom. The SMILES string of the molecule is C1CC[Si]2(C1)CC2. The summed E-state index contributed by atoms with van der Waals surface area (Å²) in [6.45, 7) is 0. The smallest absolute Gasteiger partial charge is 0.0530 e. The van der Waals surface area contributed by atoms with E-state index in [2.05, 4.69) is 0 Å². The first-order valence-corrected chi connectivity index (χ1v) is 6.24. The topological polar surface area (TPSA) is 0 Å². The van der Waals surface area contributed by atoms with Crippen LogP contribution in [0.4, 0.5) is 0 Å². The van der Waals surface area contributed by atoms with Crippen LogP contribution in [0.1, 0.15) is 12.8 Å². The van der Waals surface area contributed by atoms with Gasteiger partial charge in [0.15, 0.2) is 0 Å². The van der Waals surface area contributed by atoms with Crippen molar-refractivity contribution in [1.82, 2.24) is 0 Å². The average Bonchev–Trinajstić information content (AvgIpc) is 2.15. The van der Waals surface area contributed by atoms with Crippen LogP contribution in [0, 0.1) is 0 Å². The van der Waals surface area contributed by atoms with Gasteiger partial charge in [-0.05, 0) is 0 Å². The second kappa shape index (κ2) is 1.13. The molecule has 2 heterocycles. The Balaban J connectivity index is 2.07. The molecular weight excluding hydrogens is 100 g/mol. The second-order valence-corrected chi connectivity index (χ2v) is 8.21. The first-order chi connectivity index (χ1) is 3.41. The molecule has 0 aromatic heterocycles. The number of rotatable bonds is 0. The second-order valence-electron chi connectivity index (χ2n) is 3.21. The van der Waals surface area contributed by atoms with Gasteiger partial charge in [0.05, 0.1) is 8.07 Å². The molecule has 0 atom stereocenters. The lowest BCUT2D eigenvalue weighted by molar-refractivity contribution is 0.935. The molecule has 0 bridgehead atoms. The minimum atomic E-state index is -0.290. The average molecular weight is 112 g/mol. The third-order valence-corrected chi connectivity index (χ3v) is 7.36. The van der Waals surface area contributed by atoms with Crippen LogP contribution in [0.25, 0.3) is 0 Å².